The molecule has 0 atom stereocenters. The van der Waals surface area contributed by atoms with Crippen LogP contribution in [0.4, 0.5) is 5.69 Å². The summed E-state index contributed by atoms with van der Waals surface area (Å²) in [5, 5.41) is 9.56. The maximum absolute atomic E-state index is 8.93. The number of hydrogen-bond acceptors (Lipinski definition) is 3. The van der Waals surface area contributed by atoms with Gasteiger partial charge in [0.2, 0.25) is 0 Å². The number of anilines is 1. The number of rotatable bonds is 3. The first-order valence-electron chi connectivity index (χ1n) is 6.19. The van der Waals surface area contributed by atoms with Crippen LogP contribution in [0.1, 0.15) is 22.3 Å². The lowest BCUT2D eigenvalue weighted by Crippen LogP contribution is -2.02. The van der Waals surface area contributed by atoms with E-state index in [1.165, 1.54) is 0 Å². The molecule has 0 saturated carbocycles. The summed E-state index contributed by atoms with van der Waals surface area (Å²) < 4.78 is 5.84. The molecule has 0 bridgehead atoms. The maximum atomic E-state index is 8.93. The van der Waals surface area contributed by atoms with Gasteiger partial charge in [0.25, 0.3) is 0 Å². The van der Waals surface area contributed by atoms with E-state index in [0.717, 1.165) is 22.4 Å². The molecule has 0 amide bonds. The van der Waals surface area contributed by atoms with Crippen LogP contribution in [0.2, 0.25) is 5.02 Å². The van der Waals surface area contributed by atoms with E-state index < -0.39 is 0 Å². The lowest BCUT2D eigenvalue weighted by atomic mass is 10.1. The van der Waals surface area contributed by atoms with Crippen molar-refractivity contribution < 1.29 is 4.74 Å². The molecule has 2 aromatic carbocycles. The van der Waals surface area contributed by atoms with Crippen molar-refractivity contribution >= 4 is 17.3 Å². The van der Waals surface area contributed by atoms with Gasteiger partial charge in [-0.15, -0.1) is 0 Å². The Hall–Kier alpha value is -2.18. The van der Waals surface area contributed by atoms with E-state index in [4.69, 9.17) is 27.3 Å². The Morgan fingerprint density at radius 3 is 2.45 bits per heavy atom. The van der Waals surface area contributed by atoms with E-state index in [1.807, 2.05) is 26.0 Å². The third kappa shape index (κ3) is 3.04. The molecule has 102 valence electrons. The summed E-state index contributed by atoms with van der Waals surface area (Å²) in [7, 11) is 0. The van der Waals surface area contributed by atoms with Gasteiger partial charge < -0.3 is 10.5 Å². The number of aryl methyl sites for hydroxylation is 2. The fourth-order valence-corrected chi connectivity index (χ4v) is 2.29. The molecule has 2 rings (SSSR count). The van der Waals surface area contributed by atoms with Gasteiger partial charge in [-0.2, -0.15) is 5.26 Å². The molecular weight excluding hydrogens is 272 g/mol. The zero-order valence-electron chi connectivity index (χ0n) is 11.4. The highest BCUT2D eigenvalue weighted by Gasteiger charge is 2.08. The van der Waals surface area contributed by atoms with Crippen LogP contribution in [0.3, 0.4) is 0 Å². The highest BCUT2D eigenvalue weighted by molar-refractivity contribution is 6.30. The lowest BCUT2D eigenvalue weighted by Gasteiger charge is -2.14. The van der Waals surface area contributed by atoms with Gasteiger partial charge in [0.05, 0.1) is 11.6 Å². The Kier molecular flexibility index (Phi) is 4.16. The van der Waals surface area contributed by atoms with Crippen molar-refractivity contribution in [1.82, 2.24) is 0 Å². The van der Waals surface area contributed by atoms with E-state index in [9.17, 15) is 0 Å². The molecule has 0 aliphatic carbocycles. The maximum Gasteiger partial charge on any atom is 0.125 e. The zero-order chi connectivity index (χ0) is 14.7. The highest BCUT2D eigenvalue weighted by Crippen LogP contribution is 2.27. The number of benzene rings is 2. The van der Waals surface area contributed by atoms with Crippen LogP contribution in [0, 0.1) is 25.2 Å². The lowest BCUT2D eigenvalue weighted by molar-refractivity contribution is 0.302. The summed E-state index contributed by atoms with van der Waals surface area (Å²) in [5.41, 5.74) is 9.89. The van der Waals surface area contributed by atoms with Gasteiger partial charge in [-0.25, -0.2) is 0 Å². The topological polar surface area (TPSA) is 59.0 Å². The Balaban J connectivity index is 2.23. The van der Waals surface area contributed by atoms with Crippen molar-refractivity contribution in [2.75, 3.05) is 5.73 Å². The Labute approximate surface area is 123 Å². The van der Waals surface area contributed by atoms with E-state index in [2.05, 4.69) is 6.07 Å². The largest absolute Gasteiger partial charge is 0.488 e. The van der Waals surface area contributed by atoms with Crippen molar-refractivity contribution in [1.29, 1.82) is 5.26 Å². The number of nitriles is 1. The third-order valence-electron chi connectivity index (χ3n) is 3.07. The SMILES string of the molecule is Cc1cc(C#N)cc(C)c1OCc1cc(Cl)ccc1N. The minimum Gasteiger partial charge on any atom is -0.488 e. The normalized spacial score (nSPS) is 10.1. The highest BCUT2D eigenvalue weighted by atomic mass is 35.5. The summed E-state index contributed by atoms with van der Waals surface area (Å²) in [6.07, 6.45) is 0. The Bertz CT molecular complexity index is 666. The number of nitrogens with two attached hydrogens (primary N) is 1. The number of hydrogen-bond donors (Lipinski definition) is 1. The predicted octanol–water partition coefficient (Wildman–Crippen LogP) is 3.99. The summed E-state index contributed by atoms with van der Waals surface area (Å²) in [6, 6.07) is 11.1. The molecule has 4 heteroatoms. The molecule has 0 heterocycles. The molecule has 0 aliphatic heterocycles. The van der Waals surface area contributed by atoms with Crippen LogP contribution >= 0.6 is 11.6 Å². The molecule has 0 spiro atoms. The van der Waals surface area contributed by atoms with E-state index >= 15 is 0 Å². The second-order valence-corrected chi connectivity index (χ2v) is 5.12. The number of nitrogen functional groups attached to an aromatic ring is 1. The first kappa shape index (κ1) is 14.2. The van der Waals surface area contributed by atoms with Crippen molar-refractivity contribution in [2.45, 2.75) is 20.5 Å². The molecule has 0 saturated heterocycles. The Morgan fingerprint density at radius 2 is 1.85 bits per heavy atom. The average molecular weight is 287 g/mol. The van der Waals surface area contributed by atoms with Gasteiger partial charge in [0, 0.05) is 16.3 Å². The molecule has 2 aromatic rings. The standard InChI is InChI=1S/C16H15ClN2O/c1-10-5-12(8-18)6-11(2)16(10)20-9-13-7-14(17)3-4-15(13)19/h3-7H,9,19H2,1-2H3. The molecule has 0 unspecified atom stereocenters. The molecule has 0 aromatic heterocycles. The predicted molar refractivity (Wildman–Crippen MR) is 80.8 cm³/mol. The first-order valence-corrected chi connectivity index (χ1v) is 6.57. The second-order valence-electron chi connectivity index (χ2n) is 4.68. The van der Waals surface area contributed by atoms with Crippen LogP contribution in [0.15, 0.2) is 30.3 Å². The van der Waals surface area contributed by atoms with Gasteiger partial charge >= 0.3 is 0 Å². The quantitative estimate of drug-likeness (QED) is 0.868. The molecular formula is C16H15ClN2O. The van der Waals surface area contributed by atoms with E-state index in [0.29, 0.717) is 22.9 Å². The van der Waals surface area contributed by atoms with E-state index in [1.54, 1.807) is 18.2 Å². The number of ether oxygens (including phenoxy) is 1. The molecule has 0 aliphatic rings. The summed E-state index contributed by atoms with van der Waals surface area (Å²) in [6.45, 7) is 4.19. The first-order chi connectivity index (χ1) is 9.51. The van der Waals surface area contributed by atoms with Crippen LogP contribution in [0.25, 0.3) is 0 Å². The third-order valence-corrected chi connectivity index (χ3v) is 3.30. The fraction of sp³-hybridized carbons (Fsp3) is 0.188. The van der Waals surface area contributed by atoms with Gasteiger partial charge in [-0.3, -0.25) is 0 Å². The Morgan fingerprint density at radius 1 is 1.20 bits per heavy atom. The average Bonchev–Trinajstić information content (AvgIpc) is 2.41. The van der Waals surface area contributed by atoms with Gasteiger partial charge in [-0.05, 0) is 55.3 Å². The minimum atomic E-state index is 0.347. The van der Waals surface area contributed by atoms with Crippen molar-refractivity contribution in [3.8, 4) is 11.8 Å². The smallest absolute Gasteiger partial charge is 0.125 e. The van der Waals surface area contributed by atoms with Crippen molar-refractivity contribution in [3.05, 3.63) is 57.6 Å². The second kappa shape index (κ2) is 5.85. The molecule has 0 radical (unpaired) electrons. The molecule has 20 heavy (non-hydrogen) atoms. The zero-order valence-corrected chi connectivity index (χ0v) is 12.2. The van der Waals surface area contributed by atoms with Crippen LogP contribution in [-0.4, -0.2) is 0 Å². The van der Waals surface area contributed by atoms with E-state index in [-0.39, 0.29) is 0 Å². The summed E-state index contributed by atoms with van der Waals surface area (Å²) >= 11 is 5.95. The monoisotopic (exact) mass is 286 g/mol. The number of halogens is 1. The molecule has 2 N–H and O–H groups in total. The van der Waals surface area contributed by atoms with Crippen molar-refractivity contribution in [3.63, 3.8) is 0 Å². The van der Waals surface area contributed by atoms with Crippen LogP contribution in [-0.2, 0) is 6.61 Å². The van der Waals surface area contributed by atoms with Crippen LogP contribution < -0.4 is 10.5 Å². The summed E-state index contributed by atoms with van der Waals surface area (Å²) in [5.74, 6) is 0.781. The van der Waals surface area contributed by atoms with Gasteiger partial charge in [-0.1, -0.05) is 11.6 Å². The minimum absolute atomic E-state index is 0.347. The van der Waals surface area contributed by atoms with Crippen LogP contribution in [0.5, 0.6) is 5.75 Å². The number of nitrogens with zero attached hydrogens (tertiary/aromatic N) is 1. The molecule has 3 nitrogen and oxygen atoms in total. The molecule has 0 fully saturated rings. The van der Waals surface area contributed by atoms with Crippen molar-refractivity contribution in [2.24, 2.45) is 0 Å². The fourth-order valence-electron chi connectivity index (χ4n) is 2.09. The summed E-state index contributed by atoms with van der Waals surface area (Å²) in [4.78, 5) is 0. The van der Waals surface area contributed by atoms with Gasteiger partial charge in [0.1, 0.15) is 12.4 Å². The van der Waals surface area contributed by atoms with Gasteiger partial charge in [0.15, 0.2) is 0 Å².